The van der Waals surface area contributed by atoms with Crippen LogP contribution in [0.3, 0.4) is 0 Å². The van der Waals surface area contributed by atoms with Gasteiger partial charge in [-0.1, -0.05) is 13.0 Å². The van der Waals surface area contributed by atoms with Gasteiger partial charge in [-0.15, -0.1) is 0 Å². The fraction of sp³-hybridized carbons (Fsp3) is 0.615. The van der Waals surface area contributed by atoms with E-state index < -0.39 is 0 Å². The second-order valence-corrected chi connectivity index (χ2v) is 4.20. The zero-order valence-corrected chi connectivity index (χ0v) is 10.8. The first-order chi connectivity index (χ1) is 7.69. The molecule has 90 valence electrons. The standard InChI is InChI=1S/C13H23N3/c1-5-14-13-12(8-7-9-15-13)10-16(6-2)11(3)4/h7-9,11H,5-6,10H2,1-4H3,(H,14,15). The summed E-state index contributed by atoms with van der Waals surface area (Å²) in [5.41, 5.74) is 1.28. The van der Waals surface area contributed by atoms with Crippen LogP contribution in [-0.2, 0) is 6.54 Å². The summed E-state index contributed by atoms with van der Waals surface area (Å²) in [5, 5.41) is 3.31. The molecule has 1 N–H and O–H groups in total. The summed E-state index contributed by atoms with van der Waals surface area (Å²) in [6.45, 7) is 11.7. The predicted molar refractivity (Wildman–Crippen MR) is 69.6 cm³/mol. The highest BCUT2D eigenvalue weighted by atomic mass is 15.1. The van der Waals surface area contributed by atoms with Crippen molar-refractivity contribution in [2.45, 2.75) is 40.3 Å². The Labute approximate surface area is 98.9 Å². The lowest BCUT2D eigenvalue weighted by molar-refractivity contribution is 0.225. The molecule has 1 aromatic heterocycles. The van der Waals surface area contributed by atoms with E-state index in [1.165, 1.54) is 5.56 Å². The molecule has 0 amide bonds. The predicted octanol–water partition coefficient (Wildman–Crippen LogP) is 2.74. The average Bonchev–Trinajstić information content (AvgIpc) is 2.27. The van der Waals surface area contributed by atoms with Crippen LogP contribution < -0.4 is 5.32 Å². The molecule has 1 rings (SSSR count). The van der Waals surface area contributed by atoms with Crippen LogP contribution in [0.2, 0.25) is 0 Å². The number of hydrogen-bond acceptors (Lipinski definition) is 3. The van der Waals surface area contributed by atoms with Crippen LogP contribution in [0.5, 0.6) is 0 Å². The van der Waals surface area contributed by atoms with Gasteiger partial charge in [0.15, 0.2) is 0 Å². The van der Waals surface area contributed by atoms with Crippen molar-refractivity contribution >= 4 is 5.82 Å². The Morgan fingerprint density at radius 2 is 2.12 bits per heavy atom. The summed E-state index contributed by atoms with van der Waals surface area (Å²) >= 11 is 0. The summed E-state index contributed by atoms with van der Waals surface area (Å²) < 4.78 is 0. The third kappa shape index (κ3) is 3.49. The van der Waals surface area contributed by atoms with E-state index in [9.17, 15) is 0 Å². The number of aromatic nitrogens is 1. The molecule has 3 nitrogen and oxygen atoms in total. The van der Waals surface area contributed by atoms with E-state index in [0.717, 1.165) is 25.5 Å². The summed E-state index contributed by atoms with van der Waals surface area (Å²) in [5.74, 6) is 1.02. The first kappa shape index (κ1) is 13.0. The minimum atomic E-state index is 0.569. The summed E-state index contributed by atoms with van der Waals surface area (Å²) in [7, 11) is 0. The molecule has 16 heavy (non-hydrogen) atoms. The SMILES string of the molecule is CCNc1ncccc1CN(CC)C(C)C. The van der Waals surface area contributed by atoms with Gasteiger partial charge in [-0.05, 0) is 33.4 Å². The van der Waals surface area contributed by atoms with E-state index >= 15 is 0 Å². The zero-order valence-electron chi connectivity index (χ0n) is 10.8. The van der Waals surface area contributed by atoms with Crippen LogP contribution in [0.4, 0.5) is 5.82 Å². The van der Waals surface area contributed by atoms with Crippen molar-refractivity contribution in [1.29, 1.82) is 0 Å². The Bertz CT molecular complexity index is 310. The molecule has 0 bridgehead atoms. The Kier molecular flexibility index (Phi) is 5.26. The molecule has 0 aliphatic carbocycles. The van der Waals surface area contributed by atoms with E-state index in [4.69, 9.17) is 0 Å². The van der Waals surface area contributed by atoms with Crippen molar-refractivity contribution in [1.82, 2.24) is 9.88 Å². The Morgan fingerprint density at radius 1 is 1.38 bits per heavy atom. The molecule has 3 heteroatoms. The van der Waals surface area contributed by atoms with Gasteiger partial charge in [0, 0.05) is 30.9 Å². The molecule has 1 heterocycles. The fourth-order valence-electron chi connectivity index (χ4n) is 1.77. The Morgan fingerprint density at radius 3 is 2.69 bits per heavy atom. The molecule has 0 saturated heterocycles. The number of anilines is 1. The molecule has 0 aromatic carbocycles. The van der Waals surface area contributed by atoms with Gasteiger partial charge in [0.1, 0.15) is 5.82 Å². The number of hydrogen-bond donors (Lipinski definition) is 1. The quantitative estimate of drug-likeness (QED) is 0.800. The molecule has 0 unspecified atom stereocenters. The molecule has 0 radical (unpaired) electrons. The van der Waals surface area contributed by atoms with Gasteiger partial charge < -0.3 is 5.32 Å². The van der Waals surface area contributed by atoms with Gasteiger partial charge in [0.05, 0.1) is 0 Å². The van der Waals surface area contributed by atoms with Crippen molar-refractivity contribution in [3.05, 3.63) is 23.9 Å². The topological polar surface area (TPSA) is 28.2 Å². The van der Waals surface area contributed by atoms with Crippen molar-refractivity contribution in [2.24, 2.45) is 0 Å². The summed E-state index contributed by atoms with van der Waals surface area (Å²) in [6.07, 6.45) is 1.84. The van der Waals surface area contributed by atoms with Gasteiger partial charge in [0.25, 0.3) is 0 Å². The number of pyridine rings is 1. The Balaban J connectivity index is 2.78. The van der Waals surface area contributed by atoms with E-state index in [2.05, 4.69) is 49.0 Å². The molecule has 0 saturated carbocycles. The van der Waals surface area contributed by atoms with Crippen LogP contribution in [0.25, 0.3) is 0 Å². The maximum atomic E-state index is 4.38. The highest BCUT2D eigenvalue weighted by Gasteiger charge is 2.10. The largest absolute Gasteiger partial charge is 0.370 e. The first-order valence-electron chi connectivity index (χ1n) is 6.10. The monoisotopic (exact) mass is 221 g/mol. The third-order valence-electron chi connectivity index (χ3n) is 2.75. The highest BCUT2D eigenvalue weighted by molar-refractivity contribution is 5.43. The molecule has 0 spiro atoms. The number of rotatable bonds is 6. The van der Waals surface area contributed by atoms with Crippen molar-refractivity contribution < 1.29 is 0 Å². The van der Waals surface area contributed by atoms with Crippen molar-refractivity contribution in [2.75, 3.05) is 18.4 Å². The van der Waals surface area contributed by atoms with E-state index in [0.29, 0.717) is 6.04 Å². The molecule has 0 fully saturated rings. The highest BCUT2D eigenvalue weighted by Crippen LogP contribution is 2.15. The smallest absolute Gasteiger partial charge is 0.130 e. The lowest BCUT2D eigenvalue weighted by atomic mass is 10.2. The maximum absolute atomic E-state index is 4.38. The average molecular weight is 221 g/mol. The van der Waals surface area contributed by atoms with E-state index in [1.54, 1.807) is 0 Å². The number of nitrogens with one attached hydrogen (secondary N) is 1. The number of nitrogens with zero attached hydrogens (tertiary/aromatic N) is 2. The maximum Gasteiger partial charge on any atom is 0.130 e. The van der Waals surface area contributed by atoms with Crippen molar-refractivity contribution in [3.63, 3.8) is 0 Å². The summed E-state index contributed by atoms with van der Waals surface area (Å²) in [6, 6.07) is 4.72. The molecular weight excluding hydrogens is 198 g/mol. The minimum Gasteiger partial charge on any atom is -0.370 e. The molecule has 1 aromatic rings. The van der Waals surface area contributed by atoms with Crippen molar-refractivity contribution in [3.8, 4) is 0 Å². The fourth-order valence-corrected chi connectivity index (χ4v) is 1.77. The van der Waals surface area contributed by atoms with Crippen LogP contribution in [0.15, 0.2) is 18.3 Å². The lowest BCUT2D eigenvalue weighted by Gasteiger charge is -2.25. The molecule has 0 aliphatic heterocycles. The van der Waals surface area contributed by atoms with Crippen LogP contribution in [0, 0.1) is 0 Å². The van der Waals surface area contributed by atoms with E-state index in [1.807, 2.05) is 12.3 Å². The van der Waals surface area contributed by atoms with Gasteiger partial charge in [-0.3, -0.25) is 4.90 Å². The van der Waals surface area contributed by atoms with Gasteiger partial charge >= 0.3 is 0 Å². The molecule has 0 aliphatic rings. The van der Waals surface area contributed by atoms with Crippen LogP contribution in [0.1, 0.15) is 33.3 Å². The zero-order chi connectivity index (χ0) is 12.0. The van der Waals surface area contributed by atoms with E-state index in [-0.39, 0.29) is 0 Å². The lowest BCUT2D eigenvalue weighted by Crippen LogP contribution is -2.30. The van der Waals surface area contributed by atoms with Crippen LogP contribution >= 0.6 is 0 Å². The third-order valence-corrected chi connectivity index (χ3v) is 2.75. The first-order valence-corrected chi connectivity index (χ1v) is 6.10. The summed E-state index contributed by atoms with van der Waals surface area (Å²) in [4.78, 5) is 6.81. The second kappa shape index (κ2) is 6.48. The van der Waals surface area contributed by atoms with Gasteiger partial charge in [0.2, 0.25) is 0 Å². The Hall–Kier alpha value is -1.09. The van der Waals surface area contributed by atoms with Gasteiger partial charge in [-0.2, -0.15) is 0 Å². The van der Waals surface area contributed by atoms with Gasteiger partial charge in [-0.25, -0.2) is 4.98 Å². The minimum absolute atomic E-state index is 0.569. The molecule has 0 atom stereocenters. The van der Waals surface area contributed by atoms with Crippen LogP contribution in [-0.4, -0.2) is 29.0 Å². The second-order valence-electron chi connectivity index (χ2n) is 4.20. The normalized spacial score (nSPS) is 11.1. The molecular formula is C13H23N3.